The normalized spacial score (nSPS) is 18.6. The van der Waals surface area contributed by atoms with Gasteiger partial charge in [-0.25, -0.2) is 4.39 Å². The van der Waals surface area contributed by atoms with Gasteiger partial charge in [0.25, 0.3) is 0 Å². The molecule has 0 aromatic heterocycles. The highest BCUT2D eigenvalue weighted by Crippen LogP contribution is 2.19. The molecule has 1 aliphatic rings. The first kappa shape index (κ1) is 13.7. The molecule has 2 rings (SSSR count). The minimum absolute atomic E-state index is 0.335. The fourth-order valence-corrected chi connectivity index (χ4v) is 1.51. The highest BCUT2D eigenvalue weighted by atomic mass is 19.1. The van der Waals surface area contributed by atoms with Crippen LogP contribution in [0.25, 0.3) is 0 Å². The summed E-state index contributed by atoms with van der Waals surface area (Å²) in [5.74, 6) is -0.863. The number of rotatable bonds is 3. The first-order valence-electron chi connectivity index (χ1n) is 6.06. The molecule has 1 aromatic carbocycles. The second kappa shape index (κ2) is 5.95. The van der Waals surface area contributed by atoms with Crippen LogP contribution in [0.1, 0.15) is 13.8 Å². The lowest BCUT2D eigenvalue weighted by molar-refractivity contribution is -0.225. The number of hydrogen-bond donors (Lipinski definition) is 1. The fraction of sp³-hybridized carbons (Fsp3) is 0.357. The molecule has 1 aromatic rings. The van der Waals surface area contributed by atoms with Gasteiger partial charge in [-0.2, -0.15) is 5.10 Å². The van der Waals surface area contributed by atoms with Crippen LogP contribution in [0.5, 0.6) is 0 Å². The van der Waals surface area contributed by atoms with Gasteiger partial charge in [0.2, 0.25) is 0 Å². The van der Waals surface area contributed by atoms with Crippen molar-refractivity contribution in [3.63, 3.8) is 0 Å². The first-order chi connectivity index (χ1) is 9.07. The Morgan fingerprint density at radius 3 is 2.63 bits per heavy atom. The number of halogens is 1. The van der Waals surface area contributed by atoms with Crippen LogP contribution in [0.3, 0.4) is 0 Å². The van der Waals surface area contributed by atoms with E-state index < -0.39 is 5.79 Å². The Balaban J connectivity index is 1.86. The molecule has 0 aliphatic carbocycles. The van der Waals surface area contributed by atoms with Crippen molar-refractivity contribution in [2.45, 2.75) is 19.6 Å². The van der Waals surface area contributed by atoms with Gasteiger partial charge < -0.3 is 9.47 Å². The van der Waals surface area contributed by atoms with E-state index in [2.05, 4.69) is 10.5 Å². The maximum Gasteiger partial charge on any atom is 0.163 e. The summed E-state index contributed by atoms with van der Waals surface area (Å²) in [6.07, 6.45) is 3.36. The van der Waals surface area contributed by atoms with E-state index in [1.165, 1.54) is 6.07 Å². The Kier molecular flexibility index (Phi) is 4.29. The van der Waals surface area contributed by atoms with Crippen LogP contribution in [0.4, 0.5) is 10.1 Å². The molecule has 5 heteroatoms. The van der Waals surface area contributed by atoms with Crippen molar-refractivity contribution < 1.29 is 13.9 Å². The number of allylic oxidation sites excluding steroid dienone is 1. The molecular formula is C14H17FN2O2. The zero-order valence-electron chi connectivity index (χ0n) is 11.0. The van der Waals surface area contributed by atoms with E-state index in [0.717, 1.165) is 5.57 Å². The van der Waals surface area contributed by atoms with Gasteiger partial charge in [0.1, 0.15) is 5.82 Å². The molecule has 1 aliphatic heterocycles. The zero-order valence-corrected chi connectivity index (χ0v) is 11.0. The number of nitrogens with one attached hydrogen (secondary N) is 1. The molecule has 102 valence electrons. The van der Waals surface area contributed by atoms with Gasteiger partial charge in [0.05, 0.1) is 18.9 Å². The van der Waals surface area contributed by atoms with Crippen LogP contribution < -0.4 is 5.43 Å². The molecule has 1 fully saturated rings. The van der Waals surface area contributed by atoms with Crippen LogP contribution >= 0.6 is 0 Å². The minimum Gasteiger partial charge on any atom is -0.346 e. The van der Waals surface area contributed by atoms with Crippen LogP contribution in [0.2, 0.25) is 0 Å². The van der Waals surface area contributed by atoms with Gasteiger partial charge >= 0.3 is 0 Å². The SMILES string of the molecule is CC1(C)OCC(=CC=NNc2ccccc2F)CO1. The van der Waals surface area contributed by atoms with Gasteiger partial charge in [0, 0.05) is 6.21 Å². The van der Waals surface area contributed by atoms with Crippen molar-refractivity contribution in [3.8, 4) is 0 Å². The summed E-state index contributed by atoms with van der Waals surface area (Å²) in [7, 11) is 0. The lowest BCUT2D eigenvalue weighted by Gasteiger charge is -2.31. The minimum atomic E-state index is -0.528. The van der Waals surface area contributed by atoms with Gasteiger partial charge in [-0.05, 0) is 37.6 Å². The maximum atomic E-state index is 13.3. The summed E-state index contributed by atoms with van der Waals surface area (Å²) in [4.78, 5) is 0. The summed E-state index contributed by atoms with van der Waals surface area (Å²) in [6, 6.07) is 6.37. The smallest absolute Gasteiger partial charge is 0.163 e. The number of para-hydroxylation sites is 1. The summed E-state index contributed by atoms with van der Waals surface area (Å²) >= 11 is 0. The molecule has 0 radical (unpaired) electrons. The molecule has 1 saturated heterocycles. The third-order valence-corrected chi connectivity index (χ3v) is 2.65. The number of benzene rings is 1. The molecule has 19 heavy (non-hydrogen) atoms. The fourth-order valence-electron chi connectivity index (χ4n) is 1.51. The van der Waals surface area contributed by atoms with Gasteiger partial charge in [-0.1, -0.05) is 12.1 Å². The van der Waals surface area contributed by atoms with E-state index in [9.17, 15) is 4.39 Å². The van der Waals surface area contributed by atoms with Gasteiger partial charge in [-0.15, -0.1) is 0 Å². The van der Waals surface area contributed by atoms with Crippen LogP contribution in [0.15, 0.2) is 41.0 Å². The molecule has 0 unspecified atom stereocenters. The summed E-state index contributed by atoms with van der Waals surface area (Å²) in [5.41, 5.74) is 3.96. The largest absolute Gasteiger partial charge is 0.346 e. The van der Waals surface area contributed by atoms with Crippen LogP contribution in [-0.2, 0) is 9.47 Å². The van der Waals surface area contributed by atoms with E-state index in [1.54, 1.807) is 30.5 Å². The third kappa shape index (κ3) is 4.15. The molecule has 0 bridgehead atoms. The molecule has 0 saturated carbocycles. The Labute approximate surface area is 111 Å². The lowest BCUT2D eigenvalue weighted by atomic mass is 10.2. The average Bonchev–Trinajstić information content (AvgIpc) is 2.38. The third-order valence-electron chi connectivity index (χ3n) is 2.65. The Bertz CT molecular complexity index is 486. The molecular weight excluding hydrogens is 247 g/mol. The number of ether oxygens (including phenoxy) is 2. The average molecular weight is 264 g/mol. The van der Waals surface area contributed by atoms with Crippen LogP contribution in [0, 0.1) is 5.82 Å². The van der Waals surface area contributed by atoms with E-state index in [1.807, 2.05) is 13.8 Å². The van der Waals surface area contributed by atoms with Crippen molar-refractivity contribution in [1.29, 1.82) is 0 Å². The van der Waals surface area contributed by atoms with Crippen LogP contribution in [-0.4, -0.2) is 25.2 Å². The van der Waals surface area contributed by atoms with E-state index in [4.69, 9.17) is 9.47 Å². The number of anilines is 1. The van der Waals surface area contributed by atoms with Crippen molar-refractivity contribution in [2.24, 2.45) is 5.10 Å². The second-order valence-electron chi connectivity index (χ2n) is 4.67. The summed E-state index contributed by atoms with van der Waals surface area (Å²) in [6.45, 7) is 4.77. The topological polar surface area (TPSA) is 42.8 Å². The van der Waals surface area contributed by atoms with Crippen molar-refractivity contribution in [1.82, 2.24) is 0 Å². The summed E-state index contributed by atoms with van der Waals surface area (Å²) in [5, 5.41) is 3.93. The van der Waals surface area contributed by atoms with Gasteiger partial charge in [0.15, 0.2) is 5.79 Å². The lowest BCUT2D eigenvalue weighted by Crippen LogP contribution is -2.35. The molecule has 4 nitrogen and oxygen atoms in total. The first-order valence-corrected chi connectivity index (χ1v) is 6.06. The Morgan fingerprint density at radius 1 is 1.26 bits per heavy atom. The van der Waals surface area contributed by atoms with E-state index >= 15 is 0 Å². The highest BCUT2D eigenvalue weighted by Gasteiger charge is 2.24. The summed E-state index contributed by atoms with van der Waals surface area (Å²) < 4.78 is 24.2. The maximum absolute atomic E-state index is 13.3. The van der Waals surface area contributed by atoms with Gasteiger partial charge in [-0.3, -0.25) is 5.43 Å². The zero-order chi connectivity index (χ0) is 13.7. The van der Waals surface area contributed by atoms with Crippen molar-refractivity contribution in [3.05, 3.63) is 41.7 Å². The molecule has 1 N–H and O–H groups in total. The molecule has 1 heterocycles. The number of nitrogens with zero attached hydrogens (tertiary/aromatic N) is 1. The predicted octanol–water partition coefficient (Wildman–Crippen LogP) is 2.93. The predicted molar refractivity (Wildman–Crippen MR) is 72.6 cm³/mol. The monoisotopic (exact) mass is 264 g/mol. The quantitative estimate of drug-likeness (QED) is 0.674. The number of hydrazone groups is 1. The molecule has 0 atom stereocenters. The molecule has 0 spiro atoms. The van der Waals surface area contributed by atoms with Crippen molar-refractivity contribution in [2.75, 3.05) is 18.6 Å². The highest BCUT2D eigenvalue weighted by molar-refractivity contribution is 5.73. The Morgan fingerprint density at radius 2 is 1.95 bits per heavy atom. The number of hydrogen-bond acceptors (Lipinski definition) is 4. The standard InChI is InChI=1S/C14H17FN2O2/c1-14(2)18-9-11(10-19-14)7-8-16-17-13-6-4-3-5-12(13)15/h3-8,17H,9-10H2,1-2H3. The van der Waals surface area contributed by atoms with Crippen molar-refractivity contribution >= 4 is 11.9 Å². The van der Waals surface area contributed by atoms with E-state index in [-0.39, 0.29) is 5.82 Å². The second-order valence-corrected chi connectivity index (χ2v) is 4.67. The molecule has 0 amide bonds. The Hall–Kier alpha value is -1.72. The van der Waals surface area contributed by atoms with E-state index in [0.29, 0.717) is 18.9 Å².